The average molecular weight is 558 g/mol. The van der Waals surface area contributed by atoms with Crippen LogP contribution in [-0.4, -0.2) is 10.4 Å². The molecule has 0 atom stereocenters. The van der Waals surface area contributed by atoms with Crippen molar-refractivity contribution in [1.29, 1.82) is 0 Å². The van der Waals surface area contributed by atoms with Crippen LogP contribution in [0.15, 0.2) is 132 Å². The Bertz CT molecular complexity index is 2340. The van der Waals surface area contributed by atoms with Crippen LogP contribution in [0.5, 0.6) is 11.5 Å². The molecule has 0 radical (unpaired) electrons. The molecule has 4 heteroatoms. The summed E-state index contributed by atoms with van der Waals surface area (Å²) < 4.78 is 21.7. The normalized spacial score (nSPS) is 13.9. The molecule has 0 unspecified atom stereocenters. The third-order valence-electron chi connectivity index (χ3n) is 8.50. The first-order chi connectivity index (χ1) is 21.0. The highest BCUT2D eigenvalue weighted by Gasteiger charge is 2.30. The lowest BCUT2D eigenvalue weighted by Gasteiger charge is -2.26. The number of nitrogens with zero attached hydrogens (tertiary/aromatic N) is 1. The summed E-state index contributed by atoms with van der Waals surface area (Å²) in [4.78, 5) is 0. The van der Waals surface area contributed by atoms with Crippen molar-refractivity contribution in [3.63, 3.8) is 0 Å². The second-order valence-corrected chi connectivity index (χ2v) is 11.6. The van der Waals surface area contributed by atoms with E-state index in [9.17, 15) is 0 Å². The van der Waals surface area contributed by atoms with Crippen LogP contribution in [0.2, 0.25) is 0 Å². The number of fused-ring (bicyclic) bond motifs is 9. The number of hydrogen-bond donors (Lipinski definition) is 0. The smallest absolute Gasteiger partial charge is 0.245 e. The Morgan fingerprint density at radius 3 is 1.98 bits per heavy atom. The van der Waals surface area contributed by atoms with Crippen LogP contribution in [0.1, 0.15) is 13.8 Å². The van der Waals surface area contributed by atoms with Gasteiger partial charge in [0.05, 0.1) is 11.0 Å². The van der Waals surface area contributed by atoms with Crippen molar-refractivity contribution in [2.75, 3.05) is 0 Å². The van der Waals surface area contributed by atoms with Crippen LogP contribution in [0, 0.1) is 0 Å². The molecule has 0 aliphatic carbocycles. The molecule has 0 fully saturated rings. The maximum absolute atomic E-state index is 6.57. The number of aromatic nitrogens is 1. The number of hydrogen-bond acceptors (Lipinski definition) is 3. The van der Waals surface area contributed by atoms with E-state index < -0.39 is 5.79 Å². The van der Waals surface area contributed by atoms with E-state index in [-0.39, 0.29) is 0 Å². The predicted molar refractivity (Wildman–Crippen MR) is 174 cm³/mol. The molecular weight excluding hydrogens is 530 g/mol. The van der Waals surface area contributed by atoms with Crippen LogP contribution in [0.4, 0.5) is 0 Å². The van der Waals surface area contributed by atoms with Crippen molar-refractivity contribution in [2.24, 2.45) is 0 Å². The minimum Gasteiger partial charge on any atom is -0.455 e. The second-order valence-electron chi connectivity index (χ2n) is 11.6. The van der Waals surface area contributed by atoms with Crippen molar-refractivity contribution in [1.82, 2.24) is 4.57 Å². The summed E-state index contributed by atoms with van der Waals surface area (Å²) in [5, 5.41) is 4.69. The zero-order valence-electron chi connectivity index (χ0n) is 23.8. The van der Waals surface area contributed by atoms with Gasteiger partial charge in [0.15, 0.2) is 0 Å². The molecule has 3 heterocycles. The number of para-hydroxylation sites is 4. The summed E-state index contributed by atoms with van der Waals surface area (Å²) in [6, 6.07) is 44.5. The van der Waals surface area contributed by atoms with Gasteiger partial charge in [-0.05, 0) is 54.1 Å². The molecule has 0 saturated heterocycles. The van der Waals surface area contributed by atoms with E-state index in [1.54, 1.807) is 0 Å². The first kappa shape index (κ1) is 24.2. The van der Waals surface area contributed by atoms with Gasteiger partial charge >= 0.3 is 0 Å². The molecule has 0 bridgehead atoms. The molecule has 206 valence electrons. The van der Waals surface area contributed by atoms with Gasteiger partial charge in [0.2, 0.25) is 5.79 Å². The molecular formula is C39H27NO3. The van der Waals surface area contributed by atoms with Crippen LogP contribution in [-0.2, 0) is 0 Å². The second kappa shape index (κ2) is 8.76. The van der Waals surface area contributed by atoms with Crippen molar-refractivity contribution in [3.8, 4) is 39.4 Å². The van der Waals surface area contributed by atoms with E-state index in [0.717, 1.165) is 61.4 Å². The molecule has 0 amide bonds. The minimum atomic E-state index is -0.863. The van der Waals surface area contributed by atoms with Crippen molar-refractivity contribution in [3.05, 3.63) is 127 Å². The van der Waals surface area contributed by atoms with Crippen LogP contribution < -0.4 is 9.47 Å². The van der Waals surface area contributed by atoms with E-state index in [0.29, 0.717) is 0 Å². The molecule has 0 N–H and O–H groups in total. The van der Waals surface area contributed by atoms with Gasteiger partial charge in [-0.2, -0.15) is 0 Å². The Hall–Kier alpha value is -5.48. The standard InChI is InChI=1S/C39H27NO3/c1-39(2)42-36-21-19-25(40-33-15-6-3-10-27(33)28-11-4-7-16-34(28)40)23-32(36)30-20-18-24(22-37(30)43-39)26-13-9-14-31-29-12-5-8-17-35(29)41-38(26)31/h3-23H,1-2H3. The summed E-state index contributed by atoms with van der Waals surface area (Å²) in [6.45, 7) is 3.92. The molecule has 0 spiro atoms. The molecule has 9 rings (SSSR count). The van der Waals surface area contributed by atoms with Crippen LogP contribution in [0.3, 0.4) is 0 Å². The minimum absolute atomic E-state index is 0.772. The Morgan fingerprint density at radius 1 is 0.512 bits per heavy atom. The van der Waals surface area contributed by atoms with E-state index in [1.807, 2.05) is 32.0 Å². The highest BCUT2D eigenvalue weighted by molar-refractivity contribution is 6.10. The maximum Gasteiger partial charge on any atom is 0.245 e. The zero-order chi connectivity index (χ0) is 28.7. The van der Waals surface area contributed by atoms with E-state index in [1.165, 1.54) is 21.8 Å². The monoisotopic (exact) mass is 557 g/mol. The predicted octanol–water partition coefficient (Wildman–Crippen LogP) is 10.5. The largest absolute Gasteiger partial charge is 0.455 e. The molecule has 43 heavy (non-hydrogen) atoms. The number of ether oxygens (including phenoxy) is 2. The topological polar surface area (TPSA) is 36.5 Å². The third kappa shape index (κ3) is 3.63. The quantitative estimate of drug-likeness (QED) is 0.212. The fourth-order valence-corrected chi connectivity index (χ4v) is 6.68. The van der Waals surface area contributed by atoms with Gasteiger partial charge in [0.1, 0.15) is 22.7 Å². The molecule has 1 aliphatic heterocycles. The van der Waals surface area contributed by atoms with E-state index in [2.05, 4.69) is 114 Å². The van der Waals surface area contributed by atoms with Gasteiger partial charge in [0, 0.05) is 57.8 Å². The lowest BCUT2D eigenvalue weighted by atomic mass is 9.97. The number of furan rings is 1. The number of benzene rings is 6. The summed E-state index contributed by atoms with van der Waals surface area (Å²) in [5.74, 6) is 0.701. The van der Waals surface area contributed by atoms with Crippen molar-refractivity contribution >= 4 is 43.7 Å². The van der Waals surface area contributed by atoms with E-state index >= 15 is 0 Å². The summed E-state index contributed by atoms with van der Waals surface area (Å²) >= 11 is 0. The lowest BCUT2D eigenvalue weighted by Crippen LogP contribution is -2.34. The summed E-state index contributed by atoms with van der Waals surface area (Å²) in [5.41, 5.74) is 9.22. The maximum atomic E-state index is 6.57. The summed E-state index contributed by atoms with van der Waals surface area (Å²) in [6.07, 6.45) is 0. The Labute approximate surface area is 248 Å². The average Bonchev–Trinajstić information content (AvgIpc) is 3.54. The zero-order valence-corrected chi connectivity index (χ0v) is 23.8. The SMILES string of the molecule is CC1(C)Oc2cc(-c3cccc4c3oc3ccccc34)ccc2-c2cc(-n3c4ccccc4c4ccccc43)ccc2O1. The Morgan fingerprint density at radius 2 is 1.19 bits per heavy atom. The molecule has 0 saturated carbocycles. The fourth-order valence-electron chi connectivity index (χ4n) is 6.68. The molecule has 6 aromatic carbocycles. The molecule has 1 aliphatic rings. The number of rotatable bonds is 2. The summed E-state index contributed by atoms with van der Waals surface area (Å²) in [7, 11) is 0. The lowest BCUT2D eigenvalue weighted by molar-refractivity contribution is -0.0778. The van der Waals surface area contributed by atoms with Gasteiger partial charge in [0.25, 0.3) is 0 Å². The fraction of sp³-hybridized carbons (Fsp3) is 0.0769. The van der Waals surface area contributed by atoms with Crippen molar-refractivity contribution < 1.29 is 13.9 Å². The first-order valence-corrected chi connectivity index (χ1v) is 14.6. The van der Waals surface area contributed by atoms with Gasteiger partial charge in [-0.3, -0.25) is 0 Å². The Balaban J connectivity index is 1.25. The molecule has 8 aromatic rings. The highest BCUT2D eigenvalue weighted by Crippen LogP contribution is 2.46. The van der Waals surface area contributed by atoms with Gasteiger partial charge in [-0.25, -0.2) is 0 Å². The van der Waals surface area contributed by atoms with Crippen LogP contribution in [0.25, 0.3) is 71.7 Å². The van der Waals surface area contributed by atoms with Gasteiger partial charge in [-0.1, -0.05) is 78.9 Å². The van der Waals surface area contributed by atoms with Crippen molar-refractivity contribution in [2.45, 2.75) is 19.6 Å². The van der Waals surface area contributed by atoms with Crippen LogP contribution >= 0.6 is 0 Å². The third-order valence-corrected chi connectivity index (χ3v) is 8.50. The van der Waals surface area contributed by atoms with Gasteiger partial charge < -0.3 is 18.5 Å². The van der Waals surface area contributed by atoms with E-state index in [4.69, 9.17) is 13.9 Å². The molecule has 4 nitrogen and oxygen atoms in total. The van der Waals surface area contributed by atoms with Gasteiger partial charge in [-0.15, -0.1) is 0 Å². The first-order valence-electron chi connectivity index (χ1n) is 14.6. The Kier molecular flexibility index (Phi) is 4.92. The molecule has 2 aromatic heterocycles. The highest BCUT2D eigenvalue weighted by atomic mass is 16.7.